The number of hydrogen-bond acceptors (Lipinski definition) is 6. The molecule has 33 heavy (non-hydrogen) atoms. The Hall–Kier alpha value is -3.23. The molecule has 0 radical (unpaired) electrons. The Morgan fingerprint density at radius 2 is 2.03 bits per heavy atom. The first-order chi connectivity index (χ1) is 16.0. The summed E-state index contributed by atoms with van der Waals surface area (Å²) in [5, 5.41) is 11.2. The minimum absolute atomic E-state index is 0.155. The van der Waals surface area contributed by atoms with Crippen molar-refractivity contribution in [1.82, 2.24) is 9.55 Å². The summed E-state index contributed by atoms with van der Waals surface area (Å²) in [6, 6.07) is 10.9. The number of nitrogens with zero attached hydrogens (tertiary/aromatic N) is 2. The summed E-state index contributed by atoms with van der Waals surface area (Å²) in [5.41, 5.74) is 8.50. The molecular formula is C25H29N3O4S. The van der Waals surface area contributed by atoms with Gasteiger partial charge in [-0.05, 0) is 47.2 Å². The third-order valence-electron chi connectivity index (χ3n) is 5.18. The fourth-order valence-corrected chi connectivity index (χ4v) is 4.18. The van der Waals surface area contributed by atoms with E-state index in [2.05, 4.69) is 22.5 Å². The number of aromatic carboxylic acids is 1. The SMILES string of the molecule is CCCCc1ncc(/C=C(/COC(=O)CN)Cc2cccs2)n1Cc1ccc(C(=O)O)cc1. The molecule has 0 atom stereocenters. The van der Waals surface area contributed by atoms with Gasteiger partial charge in [-0.1, -0.05) is 31.5 Å². The van der Waals surface area contributed by atoms with E-state index in [9.17, 15) is 9.59 Å². The Morgan fingerprint density at radius 3 is 2.67 bits per heavy atom. The van der Waals surface area contributed by atoms with Gasteiger partial charge in [0.2, 0.25) is 0 Å². The van der Waals surface area contributed by atoms with Crippen molar-refractivity contribution in [3.05, 3.63) is 81.1 Å². The topological polar surface area (TPSA) is 107 Å². The van der Waals surface area contributed by atoms with E-state index in [0.717, 1.165) is 41.9 Å². The number of aromatic nitrogens is 2. The molecule has 0 bridgehead atoms. The first kappa shape index (κ1) is 24.4. The van der Waals surface area contributed by atoms with Crippen LogP contribution in [0.3, 0.4) is 0 Å². The summed E-state index contributed by atoms with van der Waals surface area (Å²) in [6.07, 6.45) is 7.46. The molecular weight excluding hydrogens is 438 g/mol. The highest BCUT2D eigenvalue weighted by Crippen LogP contribution is 2.20. The van der Waals surface area contributed by atoms with Crippen LogP contribution in [0.2, 0.25) is 0 Å². The maximum Gasteiger partial charge on any atom is 0.335 e. The number of carboxylic acids is 1. The highest BCUT2D eigenvalue weighted by atomic mass is 32.1. The van der Waals surface area contributed by atoms with E-state index >= 15 is 0 Å². The number of nitrogens with two attached hydrogens (primary N) is 1. The molecule has 0 unspecified atom stereocenters. The molecule has 1 aromatic carbocycles. The normalized spacial score (nSPS) is 11.5. The molecule has 7 nitrogen and oxygen atoms in total. The first-order valence-corrected chi connectivity index (χ1v) is 11.8. The molecule has 0 aliphatic rings. The molecule has 0 spiro atoms. The second kappa shape index (κ2) is 12.1. The Bertz CT molecular complexity index is 1090. The molecule has 8 heteroatoms. The van der Waals surface area contributed by atoms with E-state index in [1.807, 2.05) is 35.9 Å². The second-order valence-corrected chi connectivity index (χ2v) is 8.75. The number of unbranched alkanes of at least 4 members (excludes halogenated alkanes) is 1. The number of aryl methyl sites for hydroxylation is 1. The first-order valence-electron chi connectivity index (χ1n) is 10.9. The number of imidazole rings is 1. The highest BCUT2D eigenvalue weighted by molar-refractivity contribution is 7.09. The highest BCUT2D eigenvalue weighted by Gasteiger charge is 2.13. The Kier molecular flexibility index (Phi) is 8.97. The number of carboxylic acid groups (broad SMARTS) is 1. The van der Waals surface area contributed by atoms with Crippen molar-refractivity contribution in [2.75, 3.05) is 13.2 Å². The zero-order chi connectivity index (χ0) is 23.6. The van der Waals surface area contributed by atoms with Gasteiger partial charge in [0, 0.05) is 24.3 Å². The fraction of sp³-hybridized carbons (Fsp3) is 0.320. The van der Waals surface area contributed by atoms with Crippen molar-refractivity contribution in [3.8, 4) is 0 Å². The van der Waals surface area contributed by atoms with Gasteiger partial charge in [0.25, 0.3) is 0 Å². The molecule has 0 amide bonds. The van der Waals surface area contributed by atoms with Gasteiger partial charge in [0.05, 0.1) is 24.0 Å². The number of thiophene rings is 1. The van der Waals surface area contributed by atoms with Crippen LogP contribution in [-0.4, -0.2) is 39.7 Å². The van der Waals surface area contributed by atoms with Crippen molar-refractivity contribution in [3.63, 3.8) is 0 Å². The van der Waals surface area contributed by atoms with Crippen LogP contribution in [0.1, 0.15) is 52.1 Å². The minimum Gasteiger partial charge on any atom is -0.478 e. The summed E-state index contributed by atoms with van der Waals surface area (Å²) in [4.78, 5) is 28.6. The maximum absolute atomic E-state index is 11.6. The van der Waals surface area contributed by atoms with Gasteiger partial charge in [-0.15, -0.1) is 11.3 Å². The summed E-state index contributed by atoms with van der Waals surface area (Å²) in [6.45, 7) is 2.72. The van der Waals surface area contributed by atoms with Crippen molar-refractivity contribution in [2.24, 2.45) is 5.73 Å². The van der Waals surface area contributed by atoms with E-state index < -0.39 is 11.9 Å². The number of benzene rings is 1. The van der Waals surface area contributed by atoms with Crippen LogP contribution in [0.5, 0.6) is 0 Å². The number of esters is 1. The molecule has 3 N–H and O–H groups in total. The molecule has 2 aromatic heterocycles. The van der Waals surface area contributed by atoms with Crippen LogP contribution in [0.15, 0.2) is 53.5 Å². The second-order valence-electron chi connectivity index (χ2n) is 7.71. The predicted octanol–water partition coefficient (Wildman–Crippen LogP) is 4.16. The molecule has 3 aromatic rings. The number of carbonyl (C=O) groups excluding carboxylic acids is 1. The van der Waals surface area contributed by atoms with Gasteiger partial charge < -0.3 is 20.1 Å². The smallest absolute Gasteiger partial charge is 0.335 e. The zero-order valence-electron chi connectivity index (χ0n) is 18.7. The number of ether oxygens (including phenoxy) is 1. The lowest BCUT2D eigenvalue weighted by Crippen LogP contribution is -2.18. The molecule has 2 heterocycles. The van der Waals surface area contributed by atoms with Crippen LogP contribution < -0.4 is 5.73 Å². The third-order valence-corrected chi connectivity index (χ3v) is 6.06. The lowest BCUT2D eigenvalue weighted by molar-refractivity contribution is -0.140. The summed E-state index contributed by atoms with van der Waals surface area (Å²) in [5.74, 6) is -0.413. The largest absolute Gasteiger partial charge is 0.478 e. The van der Waals surface area contributed by atoms with Gasteiger partial charge >= 0.3 is 11.9 Å². The summed E-state index contributed by atoms with van der Waals surface area (Å²) < 4.78 is 7.47. The van der Waals surface area contributed by atoms with Crippen LogP contribution in [0.4, 0.5) is 0 Å². The van der Waals surface area contributed by atoms with Crippen LogP contribution in [0, 0.1) is 0 Å². The Labute approximate surface area is 197 Å². The quantitative estimate of drug-likeness (QED) is 0.387. The molecule has 3 rings (SSSR count). The average Bonchev–Trinajstić information content (AvgIpc) is 3.46. The molecule has 0 saturated heterocycles. The molecule has 0 fully saturated rings. The maximum atomic E-state index is 11.6. The molecule has 0 saturated carbocycles. The Morgan fingerprint density at radius 1 is 1.24 bits per heavy atom. The van der Waals surface area contributed by atoms with E-state index in [0.29, 0.717) is 13.0 Å². The van der Waals surface area contributed by atoms with E-state index in [-0.39, 0.29) is 18.7 Å². The number of carbonyl (C=O) groups is 2. The average molecular weight is 468 g/mol. The number of rotatable bonds is 12. The Balaban J connectivity index is 1.92. The lowest BCUT2D eigenvalue weighted by atomic mass is 10.1. The van der Waals surface area contributed by atoms with Crippen LogP contribution >= 0.6 is 11.3 Å². The van der Waals surface area contributed by atoms with Gasteiger partial charge in [0.15, 0.2) is 0 Å². The molecule has 174 valence electrons. The number of hydrogen-bond donors (Lipinski definition) is 2. The van der Waals surface area contributed by atoms with Gasteiger partial charge in [-0.3, -0.25) is 4.79 Å². The molecule has 0 aliphatic carbocycles. The summed E-state index contributed by atoms with van der Waals surface area (Å²) >= 11 is 1.65. The standard InChI is InChI=1S/C25H29N3O4S/c1-2-3-6-23-27-15-21(28(23)16-18-7-9-20(10-8-18)25(30)31)12-19(17-32-24(29)14-26)13-22-5-4-11-33-22/h4-5,7-12,15H,2-3,6,13-14,16-17,26H2,1H3,(H,30,31)/b19-12+. The van der Waals surface area contributed by atoms with Gasteiger partial charge in [-0.2, -0.15) is 0 Å². The predicted molar refractivity (Wildman–Crippen MR) is 129 cm³/mol. The van der Waals surface area contributed by atoms with E-state index in [1.54, 1.807) is 23.5 Å². The summed E-state index contributed by atoms with van der Waals surface area (Å²) in [7, 11) is 0. The van der Waals surface area contributed by atoms with Crippen molar-refractivity contribution >= 4 is 29.4 Å². The lowest BCUT2D eigenvalue weighted by Gasteiger charge is -2.13. The third kappa shape index (κ3) is 7.13. The van der Waals surface area contributed by atoms with Gasteiger partial charge in [-0.25, -0.2) is 9.78 Å². The van der Waals surface area contributed by atoms with Crippen LogP contribution in [0.25, 0.3) is 6.08 Å². The van der Waals surface area contributed by atoms with Crippen molar-refractivity contribution in [2.45, 2.75) is 39.2 Å². The van der Waals surface area contributed by atoms with Crippen molar-refractivity contribution in [1.29, 1.82) is 0 Å². The monoisotopic (exact) mass is 467 g/mol. The molecule has 0 aliphatic heterocycles. The van der Waals surface area contributed by atoms with Crippen LogP contribution in [-0.2, 0) is 28.9 Å². The van der Waals surface area contributed by atoms with Crippen molar-refractivity contribution < 1.29 is 19.4 Å². The zero-order valence-corrected chi connectivity index (χ0v) is 19.5. The van der Waals surface area contributed by atoms with Gasteiger partial charge in [0.1, 0.15) is 12.4 Å². The van der Waals surface area contributed by atoms with E-state index in [4.69, 9.17) is 15.6 Å². The minimum atomic E-state index is -0.943. The van der Waals surface area contributed by atoms with E-state index in [1.165, 1.54) is 4.88 Å². The fourth-order valence-electron chi connectivity index (χ4n) is 3.42.